The van der Waals surface area contributed by atoms with E-state index >= 15 is 0 Å². The van der Waals surface area contributed by atoms with E-state index in [2.05, 4.69) is 16.9 Å². The Kier molecular flexibility index (Phi) is 1.39. The van der Waals surface area contributed by atoms with Crippen LogP contribution in [-0.4, -0.2) is 9.97 Å². The molecule has 3 nitrogen and oxygen atoms in total. The molecule has 0 atom stereocenters. The van der Waals surface area contributed by atoms with Crippen LogP contribution >= 0.6 is 11.3 Å². The highest BCUT2D eigenvalue weighted by Crippen LogP contribution is 2.24. The maximum Gasteiger partial charge on any atom is 0.305 e. The molecule has 3 rings (SSSR count). The van der Waals surface area contributed by atoms with E-state index in [0.29, 0.717) is 0 Å². The zero-order valence-electron chi connectivity index (χ0n) is 7.55. The van der Waals surface area contributed by atoms with E-state index in [1.54, 1.807) is 0 Å². The monoisotopic (exact) mass is 204 g/mol. The van der Waals surface area contributed by atoms with Gasteiger partial charge in [0, 0.05) is 17.1 Å². The zero-order chi connectivity index (χ0) is 9.71. The Bertz CT molecular complexity index is 674. The number of fused-ring (bicyclic) bond motifs is 2. The normalized spacial score (nSPS) is 11.5. The minimum Gasteiger partial charge on any atom is -0.361 e. The summed E-state index contributed by atoms with van der Waals surface area (Å²) in [5.74, 6) is 0. The van der Waals surface area contributed by atoms with Gasteiger partial charge in [0.25, 0.3) is 0 Å². The molecule has 0 aliphatic heterocycles. The van der Waals surface area contributed by atoms with Crippen molar-refractivity contribution in [2.75, 3.05) is 0 Å². The minimum atomic E-state index is 0.00491. The fraction of sp³-hybridized carbons (Fsp3) is 0.100. The topological polar surface area (TPSA) is 48.6 Å². The van der Waals surface area contributed by atoms with Crippen LogP contribution in [0, 0.1) is 6.92 Å². The molecule has 0 amide bonds. The predicted octanol–water partition coefficient (Wildman–Crippen LogP) is 2.38. The van der Waals surface area contributed by atoms with Crippen LogP contribution < -0.4 is 4.87 Å². The molecule has 0 saturated heterocycles. The predicted molar refractivity (Wildman–Crippen MR) is 59.0 cm³/mol. The second-order valence-electron chi connectivity index (χ2n) is 3.38. The number of aromatic nitrogens is 2. The fourth-order valence-electron chi connectivity index (χ4n) is 1.71. The smallest absolute Gasteiger partial charge is 0.305 e. The molecule has 4 heteroatoms. The van der Waals surface area contributed by atoms with E-state index in [-0.39, 0.29) is 4.87 Å². The zero-order valence-corrected chi connectivity index (χ0v) is 8.37. The van der Waals surface area contributed by atoms with Gasteiger partial charge in [0.05, 0.1) is 10.2 Å². The van der Waals surface area contributed by atoms with Gasteiger partial charge in [-0.3, -0.25) is 4.79 Å². The number of thiazole rings is 1. The second kappa shape index (κ2) is 2.48. The first-order valence-electron chi connectivity index (χ1n) is 4.34. The van der Waals surface area contributed by atoms with Crippen molar-refractivity contribution >= 4 is 32.5 Å². The first-order valence-corrected chi connectivity index (χ1v) is 5.16. The van der Waals surface area contributed by atoms with Crippen LogP contribution in [0.1, 0.15) is 5.56 Å². The first-order chi connectivity index (χ1) is 6.74. The molecular formula is C10H8N2OS. The van der Waals surface area contributed by atoms with E-state index in [1.165, 1.54) is 22.3 Å². The summed E-state index contributed by atoms with van der Waals surface area (Å²) < 4.78 is 1.00. The molecule has 2 aromatic heterocycles. The third-order valence-corrected chi connectivity index (χ3v) is 3.27. The van der Waals surface area contributed by atoms with Crippen molar-refractivity contribution in [2.24, 2.45) is 0 Å². The average molecular weight is 204 g/mol. The summed E-state index contributed by atoms with van der Waals surface area (Å²) in [5.41, 5.74) is 3.22. The highest BCUT2D eigenvalue weighted by Gasteiger charge is 2.04. The maximum atomic E-state index is 11.1. The summed E-state index contributed by atoms with van der Waals surface area (Å²) in [6.45, 7) is 2.05. The van der Waals surface area contributed by atoms with Gasteiger partial charge in [-0.05, 0) is 24.6 Å². The van der Waals surface area contributed by atoms with Gasteiger partial charge in [-0.15, -0.1) is 0 Å². The quantitative estimate of drug-likeness (QED) is 0.580. The Morgan fingerprint density at radius 1 is 1.29 bits per heavy atom. The molecular weight excluding hydrogens is 196 g/mol. The van der Waals surface area contributed by atoms with Crippen LogP contribution in [0.2, 0.25) is 0 Å². The summed E-state index contributed by atoms with van der Waals surface area (Å²) in [6, 6.07) is 4.04. The van der Waals surface area contributed by atoms with Gasteiger partial charge in [-0.1, -0.05) is 11.3 Å². The van der Waals surface area contributed by atoms with Crippen LogP contribution in [0.25, 0.3) is 21.1 Å². The van der Waals surface area contributed by atoms with Gasteiger partial charge in [-0.25, -0.2) is 0 Å². The Morgan fingerprint density at radius 2 is 2.14 bits per heavy atom. The number of aromatic amines is 2. The molecule has 0 radical (unpaired) electrons. The van der Waals surface area contributed by atoms with Crippen LogP contribution in [0.5, 0.6) is 0 Å². The summed E-state index contributed by atoms with van der Waals surface area (Å²) in [7, 11) is 0. The molecule has 0 spiro atoms. The Hall–Kier alpha value is -1.55. The maximum absolute atomic E-state index is 11.1. The van der Waals surface area contributed by atoms with Crippen LogP contribution in [0.15, 0.2) is 23.1 Å². The van der Waals surface area contributed by atoms with Crippen LogP contribution in [0.4, 0.5) is 0 Å². The third kappa shape index (κ3) is 0.943. The molecule has 70 valence electrons. The highest BCUT2D eigenvalue weighted by atomic mass is 32.1. The largest absolute Gasteiger partial charge is 0.361 e. The Morgan fingerprint density at radius 3 is 3.00 bits per heavy atom. The van der Waals surface area contributed by atoms with E-state index in [1.807, 2.05) is 18.3 Å². The lowest BCUT2D eigenvalue weighted by atomic mass is 10.2. The van der Waals surface area contributed by atoms with Crippen molar-refractivity contribution in [1.29, 1.82) is 0 Å². The first kappa shape index (κ1) is 7.82. The van der Waals surface area contributed by atoms with Crippen molar-refractivity contribution in [2.45, 2.75) is 6.92 Å². The lowest BCUT2D eigenvalue weighted by molar-refractivity contribution is 1.41. The van der Waals surface area contributed by atoms with Gasteiger partial charge in [0.15, 0.2) is 0 Å². The summed E-state index contributed by atoms with van der Waals surface area (Å²) in [4.78, 5) is 17.1. The van der Waals surface area contributed by atoms with Crippen molar-refractivity contribution in [1.82, 2.24) is 9.97 Å². The molecule has 0 bridgehead atoms. The summed E-state index contributed by atoms with van der Waals surface area (Å²) in [6.07, 6.45) is 1.98. The van der Waals surface area contributed by atoms with Gasteiger partial charge in [0.1, 0.15) is 0 Å². The summed E-state index contributed by atoms with van der Waals surface area (Å²) in [5, 5.41) is 1.17. The van der Waals surface area contributed by atoms with Crippen molar-refractivity contribution in [3.63, 3.8) is 0 Å². The minimum absolute atomic E-state index is 0.00491. The van der Waals surface area contributed by atoms with Gasteiger partial charge in [-0.2, -0.15) is 0 Å². The van der Waals surface area contributed by atoms with Crippen LogP contribution in [-0.2, 0) is 0 Å². The average Bonchev–Trinajstić information content (AvgIpc) is 2.66. The molecule has 3 aromatic rings. The molecule has 0 saturated carbocycles. The lowest BCUT2D eigenvalue weighted by Crippen LogP contribution is -1.89. The van der Waals surface area contributed by atoms with Gasteiger partial charge < -0.3 is 9.97 Å². The van der Waals surface area contributed by atoms with Gasteiger partial charge >= 0.3 is 4.87 Å². The van der Waals surface area contributed by atoms with Crippen molar-refractivity contribution in [3.05, 3.63) is 33.6 Å². The number of benzene rings is 1. The second-order valence-corrected chi connectivity index (χ2v) is 4.39. The van der Waals surface area contributed by atoms with E-state index in [0.717, 1.165) is 15.7 Å². The fourth-order valence-corrected chi connectivity index (χ4v) is 2.46. The standard InChI is InChI=1S/C10H8N2OS/c1-5-4-11-7-3-9-8(2-6(5)7)12-10(13)14-9/h2-4,11H,1H3,(H,12,13). The van der Waals surface area contributed by atoms with Crippen molar-refractivity contribution in [3.8, 4) is 0 Å². The Balaban J connectivity index is 2.59. The van der Waals surface area contributed by atoms with Gasteiger partial charge in [0.2, 0.25) is 0 Å². The third-order valence-electron chi connectivity index (χ3n) is 2.43. The van der Waals surface area contributed by atoms with E-state index in [4.69, 9.17) is 0 Å². The Labute approximate surface area is 83.4 Å². The van der Waals surface area contributed by atoms with Crippen molar-refractivity contribution < 1.29 is 0 Å². The van der Waals surface area contributed by atoms with E-state index in [9.17, 15) is 4.79 Å². The molecule has 0 aliphatic rings. The SMILES string of the molecule is Cc1c[nH]c2cc3sc(=O)[nH]c3cc12. The molecule has 0 fully saturated rings. The molecule has 14 heavy (non-hydrogen) atoms. The molecule has 2 N–H and O–H groups in total. The molecule has 1 aromatic carbocycles. The molecule has 0 unspecified atom stereocenters. The molecule has 2 heterocycles. The highest BCUT2D eigenvalue weighted by molar-refractivity contribution is 7.16. The number of aryl methyl sites for hydroxylation is 1. The molecule has 0 aliphatic carbocycles. The number of nitrogens with one attached hydrogen (secondary N) is 2. The number of rotatable bonds is 0. The lowest BCUT2D eigenvalue weighted by Gasteiger charge is -1.91. The number of H-pyrrole nitrogens is 2. The van der Waals surface area contributed by atoms with Crippen LogP contribution in [0.3, 0.4) is 0 Å². The summed E-state index contributed by atoms with van der Waals surface area (Å²) >= 11 is 1.25. The van der Waals surface area contributed by atoms with E-state index < -0.39 is 0 Å². The number of hydrogen-bond acceptors (Lipinski definition) is 2. The number of hydrogen-bond donors (Lipinski definition) is 2.